The molecule has 4 rings (SSSR count). The lowest BCUT2D eigenvalue weighted by atomic mass is 9.91. The molecule has 3 amide bonds. The zero-order valence-electron chi connectivity index (χ0n) is 16.3. The molecule has 166 valence electrons. The number of aromatic nitrogens is 1. The Balaban J connectivity index is 1.55. The van der Waals surface area contributed by atoms with Gasteiger partial charge in [-0.25, -0.2) is 18.6 Å². The third-order valence-electron chi connectivity index (χ3n) is 5.07. The summed E-state index contributed by atoms with van der Waals surface area (Å²) in [4.78, 5) is 30.5. The van der Waals surface area contributed by atoms with Gasteiger partial charge >= 0.3 is 12.2 Å². The number of imide groups is 1. The first-order valence-electron chi connectivity index (χ1n) is 9.21. The van der Waals surface area contributed by atoms with Crippen LogP contribution in [-0.2, 0) is 23.1 Å². The molecule has 3 aromatic rings. The molecule has 2 aromatic carbocycles. The van der Waals surface area contributed by atoms with Gasteiger partial charge in [-0.3, -0.25) is 9.69 Å². The fourth-order valence-corrected chi connectivity index (χ4v) is 4.20. The molecule has 0 spiro atoms. The van der Waals surface area contributed by atoms with Crippen molar-refractivity contribution in [2.45, 2.75) is 25.2 Å². The van der Waals surface area contributed by atoms with Crippen LogP contribution >= 0.6 is 11.3 Å². The van der Waals surface area contributed by atoms with Gasteiger partial charge in [0.15, 0.2) is 0 Å². The van der Waals surface area contributed by atoms with Crippen molar-refractivity contribution in [1.29, 1.82) is 0 Å². The maximum absolute atomic E-state index is 14.2. The summed E-state index contributed by atoms with van der Waals surface area (Å²) < 4.78 is 66.0. The Morgan fingerprint density at radius 2 is 1.78 bits per heavy atom. The normalized spacial score (nSPS) is 18.9. The van der Waals surface area contributed by atoms with Crippen molar-refractivity contribution in [3.8, 4) is 10.6 Å². The standard InChI is InChI=1S/C21H14F5N3O2S/c1-20(15-8-13(22)6-7-16(15)23)18(30)29(19(31)28-20)9-14-10-32-17(27-14)11-2-4-12(5-3-11)21(24,25)26/h2-8,10H,9H2,1H3,(H,28,31). The van der Waals surface area contributed by atoms with Gasteiger partial charge in [-0.2, -0.15) is 13.2 Å². The summed E-state index contributed by atoms with van der Waals surface area (Å²) in [5.41, 5.74) is -2.13. The molecular formula is C21H14F5N3O2S. The quantitative estimate of drug-likeness (QED) is 0.430. The smallest absolute Gasteiger partial charge is 0.319 e. The van der Waals surface area contributed by atoms with Gasteiger partial charge in [0, 0.05) is 16.5 Å². The van der Waals surface area contributed by atoms with Gasteiger partial charge in [0.25, 0.3) is 5.91 Å². The highest BCUT2D eigenvalue weighted by Gasteiger charge is 2.50. The third kappa shape index (κ3) is 3.83. The second-order valence-electron chi connectivity index (χ2n) is 7.29. The number of amides is 3. The summed E-state index contributed by atoms with van der Waals surface area (Å²) in [5.74, 6) is -2.39. The van der Waals surface area contributed by atoms with Crippen LogP contribution in [0.3, 0.4) is 0 Å². The maximum atomic E-state index is 14.2. The lowest BCUT2D eigenvalue weighted by Gasteiger charge is -2.22. The fourth-order valence-electron chi connectivity index (χ4n) is 3.38. The Kier molecular flexibility index (Phi) is 5.24. The van der Waals surface area contributed by atoms with Crippen molar-refractivity contribution < 1.29 is 31.5 Å². The molecule has 0 aliphatic carbocycles. The molecule has 11 heteroatoms. The van der Waals surface area contributed by atoms with E-state index in [0.29, 0.717) is 16.3 Å². The van der Waals surface area contributed by atoms with E-state index in [1.165, 1.54) is 19.1 Å². The number of nitrogens with one attached hydrogen (secondary N) is 1. The highest BCUT2D eigenvalue weighted by atomic mass is 32.1. The molecule has 1 aliphatic rings. The van der Waals surface area contributed by atoms with Gasteiger partial charge in [-0.05, 0) is 37.3 Å². The zero-order valence-corrected chi connectivity index (χ0v) is 17.2. The maximum Gasteiger partial charge on any atom is 0.416 e. The summed E-state index contributed by atoms with van der Waals surface area (Å²) in [6, 6.07) is 6.26. The van der Waals surface area contributed by atoms with E-state index in [1.807, 2.05) is 0 Å². The van der Waals surface area contributed by atoms with E-state index in [1.54, 1.807) is 5.38 Å². The first kappa shape index (κ1) is 21.9. The number of thiazole rings is 1. The van der Waals surface area contributed by atoms with Gasteiger partial charge in [0.05, 0.1) is 17.8 Å². The Morgan fingerprint density at radius 3 is 2.44 bits per heavy atom. The third-order valence-corrected chi connectivity index (χ3v) is 6.01. The van der Waals surface area contributed by atoms with Crippen molar-refractivity contribution in [3.05, 3.63) is 76.3 Å². The topological polar surface area (TPSA) is 62.3 Å². The van der Waals surface area contributed by atoms with E-state index in [2.05, 4.69) is 10.3 Å². The predicted molar refractivity (Wildman–Crippen MR) is 105 cm³/mol. The molecule has 1 aliphatic heterocycles. The average Bonchev–Trinajstić information content (AvgIpc) is 3.28. The van der Waals surface area contributed by atoms with Gasteiger partial charge in [-0.1, -0.05) is 12.1 Å². The summed E-state index contributed by atoms with van der Waals surface area (Å²) in [6.07, 6.45) is -4.45. The molecule has 0 radical (unpaired) electrons. The number of hydrogen-bond acceptors (Lipinski definition) is 4. The molecule has 0 saturated carbocycles. The number of benzene rings is 2. The van der Waals surface area contributed by atoms with Crippen LogP contribution in [0, 0.1) is 11.6 Å². The van der Waals surface area contributed by atoms with E-state index < -0.39 is 40.9 Å². The highest BCUT2D eigenvalue weighted by Crippen LogP contribution is 2.34. The minimum absolute atomic E-state index is 0.242. The fraction of sp³-hybridized carbons (Fsp3) is 0.190. The first-order valence-corrected chi connectivity index (χ1v) is 10.1. The largest absolute Gasteiger partial charge is 0.416 e. The number of hydrogen-bond donors (Lipinski definition) is 1. The van der Waals surface area contributed by atoms with Gasteiger partial charge in [-0.15, -0.1) is 11.3 Å². The lowest BCUT2D eigenvalue weighted by Crippen LogP contribution is -2.41. The van der Waals surface area contributed by atoms with Gasteiger partial charge < -0.3 is 5.32 Å². The second-order valence-corrected chi connectivity index (χ2v) is 8.15. The lowest BCUT2D eigenvalue weighted by molar-refractivity contribution is -0.137. The van der Waals surface area contributed by atoms with Crippen LogP contribution in [0.25, 0.3) is 10.6 Å². The molecule has 1 N–H and O–H groups in total. The molecule has 1 aromatic heterocycles. The van der Waals surface area contributed by atoms with E-state index in [0.717, 1.165) is 46.6 Å². The molecule has 1 atom stereocenters. The first-order chi connectivity index (χ1) is 15.0. The number of nitrogens with zero attached hydrogens (tertiary/aromatic N) is 2. The molecule has 32 heavy (non-hydrogen) atoms. The van der Waals surface area contributed by atoms with Gasteiger partial charge in [0.1, 0.15) is 22.2 Å². The molecular weight excluding hydrogens is 453 g/mol. The van der Waals surface area contributed by atoms with Gasteiger partial charge in [0.2, 0.25) is 0 Å². The van der Waals surface area contributed by atoms with Crippen molar-refractivity contribution in [3.63, 3.8) is 0 Å². The van der Waals surface area contributed by atoms with Crippen molar-refractivity contribution in [1.82, 2.24) is 15.2 Å². The number of alkyl halides is 3. The molecule has 0 bridgehead atoms. The van der Waals surface area contributed by atoms with Crippen molar-refractivity contribution in [2.24, 2.45) is 0 Å². The zero-order chi connectivity index (χ0) is 23.3. The number of halogens is 5. The highest BCUT2D eigenvalue weighted by molar-refractivity contribution is 7.13. The molecule has 1 fully saturated rings. The molecule has 1 saturated heterocycles. The monoisotopic (exact) mass is 467 g/mol. The number of carbonyl (C=O) groups is 2. The van der Waals surface area contributed by atoms with Crippen LogP contribution in [-0.4, -0.2) is 21.8 Å². The Hall–Kier alpha value is -3.34. The van der Waals surface area contributed by atoms with E-state index in [9.17, 15) is 31.5 Å². The van der Waals surface area contributed by atoms with E-state index in [4.69, 9.17) is 0 Å². The van der Waals surface area contributed by atoms with Crippen LogP contribution in [0.4, 0.5) is 26.7 Å². The minimum Gasteiger partial charge on any atom is -0.319 e. The van der Waals surface area contributed by atoms with Crippen LogP contribution < -0.4 is 5.32 Å². The Bertz CT molecular complexity index is 1210. The minimum atomic E-state index is -4.45. The number of carbonyl (C=O) groups excluding carboxylic acids is 2. The molecule has 5 nitrogen and oxygen atoms in total. The SMILES string of the molecule is CC1(c2cc(F)ccc2F)NC(=O)N(Cc2csc(-c3ccc(C(F)(F)F)cc3)n2)C1=O. The molecule has 2 heterocycles. The summed E-state index contributed by atoms with van der Waals surface area (Å²) >= 11 is 1.13. The van der Waals surface area contributed by atoms with Crippen LogP contribution in [0.5, 0.6) is 0 Å². The Labute approximate surface area is 182 Å². The van der Waals surface area contributed by atoms with Crippen LogP contribution in [0.2, 0.25) is 0 Å². The Morgan fingerprint density at radius 1 is 1.09 bits per heavy atom. The second kappa shape index (κ2) is 7.66. The number of urea groups is 1. The summed E-state index contributed by atoms with van der Waals surface area (Å²) in [6.45, 7) is 1.04. The summed E-state index contributed by atoms with van der Waals surface area (Å²) in [7, 11) is 0. The van der Waals surface area contributed by atoms with E-state index >= 15 is 0 Å². The van der Waals surface area contributed by atoms with Crippen LogP contribution in [0.15, 0.2) is 47.8 Å². The number of rotatable bonds is 4. The molecule has 1 unspecified atom stereocenters. The predicted octanol–water partition coefficient (Wildman–Crippen LogP) is 5.07. The van der Waals surface area contributed by atoms with E-state index in [-0.39, 0.29) is 12.1 Å². The van der Waals surface area contributed by atoms with Crippen molar-refractivity contribution in [2.75, 3.05) is 0 Å². The van der Waals surface area contributed by atoms with Crippen molar-refractivity contribution >= 4 is 23.3 Å². The average molecular weight is 467 g/mol. The summed E-state index contributed by atoms with van der Waals surface area (Å²) in [5, 5.41) is 4.36. The van der Waals surface area contributed by atoms with Crippen LogP contribution in [0.1, 0.15) is 23.7 Å².